The van der Waals surface area contributed by atoms with Gasteiger partial charge in [-0.15, -0.1) is 0 Å². The maximum atomic E-state index is 11.5. The Morgan fingerprint density at radius 1 is 1.33 bits per heavy atom. The summed E-state index contributed by atoms with van der Waals surface area (Å²) in [6.45, 7) is 0. The van der Waals surface area contributed by atoms with Crippen molar-refractivity contribution in [2.24, 2.45) is 17.8 Å². The van der Waals surface area contributed by atoms with Crippen LogP contribution in [0.3, 0.4) is 0 Å². The molecule has 0 N–H and O–H groups in total. The number of carbonyl (C=O) groups excluding carboxylic acids is 2. The van der Waals surface area contributed by atoms with Gasteiger partial charge in [-0.25, -0.2) is 0 Å². The van der Waals surface area contributed by atoms with Crippen LogP contribution in [0.25, 0.3) is 0 Å². The molecule has 2 bridgehead atoms. The smallest absolute Gasteiger partial charge is 0.310 e. The molecule has 3 nitrogen and oxygen atoms in total. The molecule has 1 heterocycles. The van der Waals surface area contributed by atoms with Crippen molar-refractivity contribution in [3.8, 4) is 0 Å². The standard InChI is InChI=1S/C8H7BrO3/c9-5-3-1-2-4(6(3)10)7(5)12-8(2)11/h2-5,7H,1H2. The van der Waals surface area contributed by atoms with Gasteiger partial charge in [0.1, 0.15) is 11.9 Å². The maximum absolute atomic E-state index is 11.5. The van der Waals surface area contributed by atoms with Gasteiger partial charge in [-0.3, -0.25) is 9.59 Å². The Balaban J connectivity index is 2.11. The molecule has 1 aliphatic heterocycles. The number of hydrogen-bond donors (Lipinski definition) is 0. The quantitative estimate of drug-likeness (QED) is 0.450. The minimum absolute atomic E-state index is 0.0384. The number of rotatable bonds is 0. The molecule has 5 atom stereocenters. The minimum Gasteiger partial charge on any atom is -0.460 e. The van der Waals surface area contributed by atoms with E-state index in [4.69, 9.17) is 4.74 Å². The van der Waals surface area contributed by atoms with Crippen molar-refractivity contribution in [2.75, 3.05) is 0 Å². The highest BCUT2D eigenvalue weighted by Gasteiger charge is 2.66. The molecule has 4 heteroatoms. The molecule has 2 aliphatic carbocycles. The van der Waals surface area contributed by atoms with Crippen LogP contribution >= 0.6 is 15.9 Å². The van der Waals surface area contributed by atoms with Crippen LogP contribution in [0.4, 0.5) is 0 Å². The molecule has 2 saturated carbocycles. The average molecular weight is 231 g/mol. The topological polar surface area (TPSA) is 43.4 Å². The Hall–Kier alpha value is -0.380. The van der Waals surface area contributed by atoms with Crippen LogP contribution in [0, 0.1) is 17.8 Å². The molecule has 1 saturated heterocycles. The van der Waals surface area contributed by atoms with E-state index in [0.29, 0.717) is 6.42 Å². The normalized spacial score (nSPS) is 54.9. The number of fused-ring (bicyclic) bond motifs is 1. The van der Waals surface area contributed by atoms with E-state index in [-0.39, 0.29) is 40.4 Å². The SMILES string of the molecule is O=C1OC2C(Br)C3CC1C2C3=O. The molecule has 0 aromatic rings. The van der Waals surface area contributed by atoms with Gasteiger partial charge in [-0.2, -0.15) is 0 Å². The number of alkyl halides is 1. The molecule has 0 aromatic heterocycles. The molecule has 12 heavy (non-hydrogen) atoms. The molecule has 0 amide bonds. The third-order valence-corrected chi connectivity index (χ3v) is 4.40. The summed E-state index contributed by atoms with van der Waals surface area (Å²) in [5.74, 6) is -0.120. The van der Waals surface area contributed by atoms with E-state index in [9.17, 15) is 9.59 Å². The fourth-order valence-electron chi connectivity index (χ4n) is 2.69. The van der Waals surface area contributed by atoms with Gasteiger partial charge >= 0.3 is 5.97 Å². The lowest BCUT2D eigenvalue weighted by atomic mass is 9.90. The zero-order chi connectivity index (χ0) is 8.46. The van der Waals surface area contributed by atoms with Crippen molar-refractivity contribution < 1.29 is 14.3 Å². The van der Waals surface area contributed by atoms with Gasteiger partial charge in [-0.05, 0) is 6.42 Å². The highest BCUT2D eigenvalue weighted by Crippen LogP contribution is 2.54. The van der Waals surface area contributed by atoms with Crippen molar-refractivity contribution >= 4 is 27.7 Å². The molecule has 0 radical (unpaired) electrons. The molecule has 5 unspecified atom stereocenters. The van der Waals surface area contributed by atoms with Gasteiger partial charge in [-0.1, -0.05) is 15.9 Å². The molecular formula is C8H7BrO3. The second-order valence-corrected chi connectivity index (χ2v) is 4.78. The fraction of sp³-hybridized carbons (Fsp3) is 0.750. The number of halogens is 1. The Kier molecular flexibility index (Phi) is 1.13. The van der Waals surface area contributed by atoms with E-state index in [0.717, 1.165) is 0 Å². The average Bonchev–Trinajstić information content (AvgIpc) is 2.55. The summed E-state index contributed by atoms with van der Waals surface area (Å²) >= 11 is 3.42. The third kappa shape index (κ3) is 0.563. The highest BCUT2D eigenvalue weighted by molar-refractivity contribution is 9.09. The summed E-state index contributed by atoms with van der Waals surface area (Å²) in [4.78, 5) is 22.8. The molecule has 0 aromatic carbocycles. The number of hydrogen-bond acceptors (Lipinski definition) is 3. The van der Waals surface area contributed by atoms with Crippen LogP contribution in [0.5, 0.6) is 0 Å². The molecule has 3 rings (SSSR count). The maximum Gasteiger partial charge on any atom is 0.310 e. The Morgan fingerprint density at radius 3 is 2.67 bits per heavy atom. The Morgan fingerprint density at radius 2 is 2.08 bits per heavy atom. The van der Waals surface area contributed by atoms with Crippen molar-refractivity contribution in [1.29, 1.82) is 0 Å². The summed E-state index contributed by atoms with van der Waals surface area (Å²) in [7, 11) is 0. The van der Waals surface area contributed by atoms with E-state index >= 15 is 0 Å². The van der Waals surface area contributed by atoms with Crippen LogP contribution < -0.4 is 0 Å². The van der Waals surface area contributed by atoms with Crippen LogP contribution in [-0.2, 0) is 14.3 Å². The van der Waals surface area contributed by atoms with Crippen molar-refractivity contribution in [1.82, 2.24) is 0 Å². The molecule has 64 valence electrons. The molecule has 3 fully saturated rings. The van der Waals surface area contributed by atoms with Gasteiger partial charge in [0.05, 0.1) is 16.7 Å². The molecular weight excluding hydrogens is 224 g/mol. The van der Waals surface area contributed by atoms with Crippen molar-refractivity contribution in [2.45, 2.75) is 17.4 Å². The van der Waals surface area contributed by atoms with Gasteiger partial charge < -0.3 is 4.74 Å². The van der Waals surface area contributed by atoms with Crippen LogP contribution in [0.1, 0.15) is 6.42 Å². The van der Waals surface area contributed by atoms with E-state index in [1.165, 1.54) is 0 Å². The third-order valence-electron chi connectivity index (χ3n) is 3.24. The minimum atomic E-state index is -0.164. The van der Waals surface area contributed by atoms with Crippen LogP contribution in [-0.4, -0.2) is 22.7 Å². The van der Waals surface area contributed by atoms with Crippen LogP contribution in [0.15, 0.2) is 0 Å². The number of ketones is 1. The summed E-state index contributed by atoms with van der Waals surface area (Å²) < 4.78 is 5.12. The van der Waals surface area contributed by atoms with E-state index in [1.807, 2.05) is 0 Å². The Bertz CT molecular complexity index is 288. The summed E-state index contributed by atoms with van der Waals surface area (Å²) in [6.07, 6.45) is 0.545. The van der Waals surface area contributed by atoms with Crippen molar-refractivity contribution in [3.05, 3.63) is 0 Å². The first-order chi connectivity index (χ1) is 5.70. The number of Topliss-reactive ketones (excluding diaryl/α,β-unsaturated/α-hetero) is 1. The van der Waals surface area contributed by atoms with Gasteiger partial charge in [0.15, 0.2) is 0 Å². The fourth-order valence-corrected chi connectivity index (χ4v) is 3.60. The lowest BCUT2D eigenvalue weighted by Gasteiger charge is -2.17. The van der Waals surface area contributed by atoms with Crippen LogP contribution in [0.2, 0.25) is 0 Å². The van der Waals surface area contributed by atoms with Crippen molar-refractivity contribution in [3.63, 3.8) is 0 Å². The predicted molar refractivity (Wildman–Crippen MR) is 42.7 cm³/mol. The van der Waals surface area contributed by atoms with E-state index in [2.05, 4.69) is 15.9 Å². The second-order valence-electron chi connectivity index (χ2n) is 3.72. The molecule has 0 spiro atoms. The zero-order valence-electron chi connectivity index (χ0n) is 6.20. The first kappa shape index (κ1) is 7.06. The van der Waals surface area contributed by atoms with Gasteiger partial charge in [0, 0.05) is 5.92 Å². The lowest BCUT2D eigenvalue weighted by Crippen LogP contribution is -2.26. The number of ether oxygens (including phenoxy) is 1. The summed E-state index contributed by atoms with van der Waals surface area (Å²) in [5.41, 5.74) is 0. The largest absolute Gasteiger partial charge is 0.460 e. The highest BCUT2D eigenvalue weighted by atomic mass is 79.9. The predicted octanol–water partition coefficient (Wildman–Crippen LogP) is 0.510. The summed E-state index contributed by atoms with van der Waals surface area (Å²) in [6, 6.07) is 0. The summed E-state index contributed by atoms with van der Waals surface area (Å²) in [5, 5.41) is 0. The second kappa shape index (κ2) is 1.92. The first-order valence-corrected chi connectivity index (χ1v) is 5.00. The number of esters is 1. The molecule has 3 aliphatic rings. The van der Waals surface area contributed by atoms with E-state index in [1.54, 1.807) is 0 Å². The number of carbonyl (C=O) groups is 2. The lowest BCUT2D eigenvalue weighted by molar-refractivity contribution is -0.143. The van der Waals surface area contributed by atoms with Gasteiger partial charge in [0.25, 0.3) is 0 Å². The zero-order valence-corrected chi connectivity index (χ0v) is 7.78. The Labute approximate surface area is 77.6 Å². The monoisotopic (exact) mass is 230 g/mol. The van der Waals surface area contributed by atoms with E-state index < -0.39 is 0 Å². The first-order valence-electron chi connectivity index (χ1n) is 4.08. The van der Waals surface area contributed by atoms with Gasteiger partial charge in [0.2, 0.25) is 0 Å².